The summed E-state index contributed by atoms with van der Waals surface area (Å²) in [6.45, 7) is 0. The third kappa shape index (κ3) is 2.54. The normalized spacial score (nSPS) is 12.4. The van der Waals surface area contributed by atoms with E-state index in [2.05, 4.69) is 5.10 Å². The number of carbonyl (C=O) groups excluding carboxylic acids is 1. The van der Waals surface area contributed by atoms with E-state index in [1.54, 1.807) is 48.4 Å². The predicted molar refractivity (Wildman–Crippen MR) is 65.9 cm³/mol. The van der Waals surface area contributed by atoms with Gasteiger partial charge >= 0.3 is 0 Å². The Kier molecular flexibility index (Phi) is 3.26. The zero-order valence-corrected chi connectivity index (χ0v) is 10.1. The lowest BCUT2D eigenvalue weighted by atomic mass is 10.0. The number of halogens is 1. The van der Waals surface area contributed by atoms with Crippen LogP contribution in [0.5, 0.6) is 0 Å². The molecule has 5 heteroatoms. The number of hydrogen-bond acceptors (Lipinski definition) is 3. The maximum Gasteiger partial charge on any atom is 0.184 e. The van der Waals surface area contributed by atoms with Crippen LogP contribution in [0.1, 0.15) is 22.0 Å². The standard InChI is InChI=1S/C12H12ClN3O/c1-16-7-9(6-15-16)11(14)12(17)8-3-2-4-10(13)5-8/h2-7,11H,14H2,1H3. The Balaban J connectivity index is 2.26. The maximum atomic E-state index is 12.1. The fraction of sp³-hybridized carbons (Fsp3) is 0.167. The Hall–Kier alpha value is -1.65. The highest BCUT2D eigenvalue weighted by molar-refractivity contribution is 6.31. The quantitative estimate of drug-likeness (QED) is 0.846. The fourth-order valence-electron chi connectivity index (χ4n) is 1.57. The minimum absolute atomic E-state index is 0.166. The summed E-state index contributed by atoms with van der Waals surface area (Å²) in [7, 11) is 1.78. The van der Waals surface area contributed by atoms with Crippen LogP contribution in [0.25, 0.3) is 0 Å². The smallest absolute Gasteiger partial charge is 0.184 e. The third-order valence-electron chi connectivity index (χ3n) is 2.48. The van der Waals surface area contributed by atoms with Gasteiger partial charge in [-0.1, -0.05) is 23.7 Å². The van der Waals surface area contributed by atoms with Crippen LogP contribution in [-0.2, 0) is 7.05 Å². The highest BCUT2D eigenvalue weighted by Gasteiger charge is 2.19. The van der Waals surface area contributed by atoms with E-state index < -0.39 is 6.04 Å². The summed E-state index contributed by atoms with van der Waals surface area (Å²) in [6, 6.07) is 6.05. The number of Topliss-reactive ketones (excluding diaryl/α,β-unsaturated/α-hetero) is 1. The average molecular weight is 250 g/mol. The summed E-state index contributed by atoms with van der Waals surface area (Å²) >= 11 is 5.83. The largest absolute Gasteiger partial charge is 0.317 e. The van der Waals surface area contributed by atoms with Crippen molar-refractivity contribution in [3.05, 3.63) is 52.8 Å². The molecule has 2 rings (SSSR count). The van der Waals surface area contributed by atoms with Gasteiger partial charge in [-0.15, -0.1) is 0 Å². The van der Waals surface area contributed by atoms with Crippen LogP contribution in [0, 0.1) is 0 Å². The van der Waals surface area contributed by atoms with E-state index in [0.717, 1.165) is 0 Å². The van der Waals surface area contributed by atoms with Crippen LogP contribution in [0.3, 0.4) is 0 Å². The van der Waals surface area contributed by atoms with Crippen molar-refractivity contribution in [2.75, 3.05) is 0 Å². The topological polar surface area (TPSA) is 60.9 Å². The molecule has 1 atom stereocenters. The van der Waals surface area contributed by atoms with Crippen molar-refractivity contribution in [1.29, 1.82) is 0 Å². The fourth-order valence-corrected chi connectivity index (χ4v) is 1.76. The Labute approximate surface area is 104 Å². The summed E-state index contributed by atoms with van der Waals surface area (Å²) in [4.78, 5) is 12.1. The van der Waals surface area contributed by atoms with Gasteiger partial charge in [0.2, 0.25) is 0 Å². The molecule has 17 heavy (non-hydrogen) atoms. The zero-order chi connectivity index (χ0) is 12.4. The lowest BCUT2D eigenvalue weighted by Gasteiger charge is -2.08. The highest BCUT2D eigenvalue weighted by Crippen LogP contribution is 2.18. The highest BCUT2D eigenvalue weighted by atomic mass is 35.5. The molecule has 0 saturated heterocycles. The number of hydrogen-bond donors (Lipinski definition) is 1. The summed E-state index contributed by atoms with van der Waals surface area (Å²) in [5.41, 5.74) is 7.09. The summed E-state index contributed by atoms with van der Waals surface area (Å²) in [5, 5.41) is 4.51. The van der Waals surface area contributed by atoms with Crippen LogP contribution < -0.4 is 5.73 Å². The molecular formula is C12H12ClN3O. The molecule has 0 radical (unpaired) electrons. The van der Waals surface area contributed by atoms with Crippen LogP contribution in [-0.4, -0.2) is 15.6 Å². The van der Waals surface area contributed by atoms with Crippen molar-refractivity contribution < 1.29 is 4.79 Å². The molecule has 0 aliphatic carbocycles. The van der Waals surface area contributed by atoms with Gasteiger partial charge in [0.1, 0.15) is 0 Å². The van der Waals surface area contributed by atoms with Crippen LogP contribution in [0.4, 0.5) is 0 Å². The second-order valence-corrected chi connectivity index (χ2v) is 4.24. The van der Waals surface area contributed by atoms with Gasteiger partial charge in [0.05, 0.1) is 12.2 Å². The van der Waals surface area contributed by atoms with Gasteiger partial charge in [-0.05, 0) is 12.1 Å². The Bertz CT molecular complexity index is 550. The van der Waals surface area contributed by atoms with E-state index >= 15 is 0 Å². The SMILES string of the molecule is Cn1cc(C(N)C(=O)c2cccc(Cl)c2)cn1. The number of nitrogens with two attached hydrogens (primary N) is 1. The molecule has 0 fully saturated rings. The Morgan fingerprint density at radius 1 is 1.53 bits per heavy atom. The van der Waals surface area contributed by atoms with Gasteiger partial charge in [-0.2, -0.15) is 5.10 Å². The molecule has 2 aromatic rings. The molecular weight excluding hydrogens is 238 g/mol. The van der Waals surface area contributed by atoms with Crippen molar-refractivity contribution in [1.82, 2.24) is 9.78 Å². The van der Waals surface area contributed by atoms with Gasteiger partial charge in [0.15, 0.2) is 5.78 Å². The average Bonchev–Trinajstić information content (AvgIpc) is 2.74. The first-order valence-electron chi connectivity index (χ1n) is 5.12. The molecule has 1 unspecified atom stereocenters. The number of nitrogens with zero attached hydrogens (tertiary/aromatic N) is 2. The zero-order valence-electron chi connectivity index (χ0n) is 9.30. The van der Waals surface area contributed by atoms with Crippen LogP contribution in [0.15, 0.2) is 36.7 Å². The molecule has 0 bridgehead atoms. The molecule has 4 nitrogen and oxygen atoms in total. The minimum atomic E-state index is -0.706. The molecule has 1 aromatic carbocycles. The number of carbonyl (C=O) groups is 1. The van der Waals surface area contributed by atoms with E-state index in [9.17, 15) is 4.79 Å². The predicted octanol–water partition coefficient (Wildman–Crippen LogP) is 1.96. The first-order chi connectivity index (χ1) is 8.08. The third-order valence-corrected chi connectivity index (χ3v) is 2.71. The van der Waals surface area contributed by atoms with Gasteiger partial charge in [-0.25, -0.2) is 0 Å². The van der Waals surface area contributed by atoms with Gasteiger partial charge < -0.3 is 5.73 Å². The summed E-state index contributed by atoms with van der Waals surface area (Å²) in [5.74, 6) is -0.166. The number of aromatic nitrogens is 2. The number of rotatable bonds is 3. The summed E-state index contributed by atoms with van der Waals surface area (Å²) in [6.07, 6.45) is 3.32. The molecule has 0 saturated carbocycles. The van der Waals surface area contributed by atoms with E-state index in [4.69, 9.17) is 17.3 Å². The molecule has 1 aromatic heterocycles. The Morgan fingerprint density at radius 2 is 2.29 bits per heavy atom. The molecule has 0 spiro atoms. The van der Waals surface area contributed by atoms with Crippen molar-refractivity contribution in [3.63, 3.8) is 0 Å². The van der Waals surface area contributed by atoms with Crippen molar-refractivity contribution in [2.45, 2.75) is 6.04 Å². The lowest BCUT2D eigenvalue weighted by molar-refractivity contribution is 0.0961. The molecule has 0 aliphatic heterocycles. The second-order valence-electron chi connectivity index (χ2n) is 3.80. The van der Waals surface area contributed by atoms with Crippen LogP contribution in [0.2, 0.25) is 5.02 Å². The maximum absolute atomic E-state index is 12.1. The van der Waals surface area contributed by atoms with Gasteiger partial charge in [-0.3, -0.25) is 9.48 Å². The van der Waals surface area contributed by atoms with Crippen molar-refractivity contribution in [2.24, 2.45) is 12.8 Å². The van der Waals surface area contributed by atoms with Crippen molar-refractivity contribution in [3.8, 4) is 0 Å². The number of benzene rings is 1. The van der Waals surface area contributed by atoms with E-state index in [1.807, 2.05) is 0 Å². The second kappa shape index (κ2) is 4.69. The summed E-state index contributed by atoms with van der Waals surface area (Å²) < 4.78 is 1.61. The lowest BCUT2D eigenvalue weighted by Crippen LogP contribution is -2.21. The van der Waals surface area contributed by atoms with E-state index in [0.29, 0.717) is 16.1 Å². The van der Waals surface area contributed by atoms with Gasteiger partial charge in [0.25, 0.3) is 0 Å². The van der Waals surface area contributed by atoms with E-state index in [-0.39, 0.29) is 5.78 Å². The number of aryl methyl sites for hydroxylation is 1. The van der Waals surface area contributed by atoms with Gasteiger partial charge in [0, 0.05) is 29.4 Å². The first-order valence-corrected chi connectivity index (χ1v) is 5.49. The van der Waals surface area contributed by atoms with Crippen LogP contribution >= 0.6 is 11.6 Å². The first kappa shape index (κ1) is 11.8. The van der Waals surface area contributed by atoms with Crippen molar-refractivity contribution >= 4 is 17.4 Å². The monoisotopic (exact) mass is 249 g/mol. The van der Waals surface area contributed by atoms with E-state index in [1.165, 1.54) is 0 Å². The molecule has 0 amide bonds. The Morgan fingerprint density at radius 3 is 2.88 bits per heavy atom. The minimum Gasteiger partial charge on any atom is -0.317 e. The number of ketones is 1. The molecule has 88 valence electrons. The molecule has 2 N–H and O–H groups in total. The molecule has 0 aliphatic rings. The molecule has 1 heterocycles.